The number of nitrogens with zero attached hydrogens (tertiary/aromatic N) is 2. The molecule has 8 nitrogen and oxygen atoms in total. The van der Waals surface area contributed by atoms with Gasteiger partial charge in [-0.1, -0.05) is 6.07 Å². The molecular formula is C19H27N5O3. The number of carboxylic acid groups (broad SMARTS) is 1. The van der Waals surface area contributed by atoms with Crippen LogP contribution in [0, 0.1) is 5.92 Å². The number of hydrogen-bond donors (Lipinski definition) is 4. The number of aliphatic imine (C=N–C) groups is 1. The Bertz CT molecular complexity index is 698. The molecule has 0 radical (unpaired) electrons. The lowest BCUT2D eigenvalue weighted by Crippen LogP contribution is -2.41. The fraction of sp³-hybridized carbons (Fsp3) is 0.526. The van der Waals surface area contributed by atoms with E-state index in [-0.39, 0.29) is 24.8 Å². The minimum Gasteiger partial charge on any atom is -0.481 e. The molecular weight excluding hydrogens is 346 g/mol. The van der Waals surface area contributed by atoms with E-state index in [1.54, 1.807) is 0 Å². The van der Waals surface area contributed by atoms with Crippen molar-refractivity contribution >= 4 is 29.2 Å². The third-order valence-electron chi connectivity index (χ3n) is 4.88. The van der Waals surface area contributed by atoms with Gasteiger partial charge in [0.2, 0.25) is 5.91 Å². The normalized spacial score (nSPS) is 17.6. The Kier molecular flexibility index (Phi) is 6.51. The van der Waals surface area contributed by atoms with Crippen LogP contribution in [-0.2, 0) is 9.59 Å². The predicted molar refractivity (Wildman–Crippen MR) is 105 cm³/mol. The van der Waals surface area contributed by atoms with Crippen LogP contribution >= 0.6 is 0 Å². The molecule has 1 saturated heterocycles. The summed E-state index contributed by atoms with van der Waals surface area (Å²) in [5.74, 6) is -0.159. The van der Waals surface area contributed by atoms with Crippen LogP contribution in [0.15, 0.2) is 29.3 Å². The van der Waals surface area contributed by atoms with Crippen LogP contribution in [0.4, 0.5) is 11.4 Å². The van der Waals surface area contributed by atoms with Gasteiger partial charge >= 0.3 is 5.97 Å². The molecule has 0 unspecified atom stereocenters. The molecule has 1 amide bonds. The second-order valence-corrected chi connectivity index (χ2v) is 6.88. The zero-order valence-corrected chi connectivity index (χ0v) is 15.4. The van der Waals surface area contributed by atoms with E-state index in [0.29, 0.717) is 0 Å². The molecule has 0 saturated carbocycles. The summed E-state index contributed by atoms with van der Waals surface area (Å²) in [5, 5.41) is 17.9. The number of piperidine rings is 1. The summed E-state index contributed by atoms with van der Waals surface area (Å²) >= 11 is 0. The molecule has 4 N–H and O–H groups in total. The lowest BCUT2D eigenvalue weighted by Gasteiger charge is -2.33. The summed E-state index contributed by atoms with van der Waals surface area (Å²) < 4.78 is 0. The quantitative estimate of drug-likeness (QED) is 0.598. The highest BCUT2D eigenvalue weighted by Crippen LogP contribution is 2.25. The molecule has 146 valence electrons. The molecule has 3 rings (SSSR count). The number of aliphatic carboxylic acids is 1. The molecule has 1 aromatic carbocycles. The smallest absolute Gasteiger partial charge is 0.305 e. The van der Waals surface area contributed by atoms with Crippen LogP contribution in [0.2, 0.25) is 0 Å². The van der Waals surface area contributed by atoms with Crippen molar-refractivity contribution < 1.29 is 14.7 Å². The first-order valence-electron chi connectivity index (χ1n) is 9.51. The summed E-state index contributed by atoms with van der Waals surface area (Å²) in [6.07, 6.45) is 2.56. The van der Waals surface area contributed by atoms with Gasteiger partial charge < -0.3 is 26.0 Å². The van der Waals surface area contributed by atoms with Gasteiger partial charge in [-0.15, -0.1) is 0 Å². The Hall–Kier alpha value is -2.77. The summed E-state index contributed by atoms with van der Waals surface area (Å²) in [4.78, 5) is 29.4. The van der Waals surface area contributed by atoms with E-state index in [9.17, 15) is 9.59 Å². The lowest BCUT2D eigenvalue weighted by molar-refractivity contribution is -0.137. The second kappa shape index (κ2) is 9.25. The number of anilines is 2. The minimum absolute atomic E-state index is 0.0345. The average molecular weight is 373 g/mol. The molecule has 8 heteroatoms. The molecule has 1 fully saturated rings. The van der Waals surface area contributed by atoms with Crippen molar-refractivity contribution in [2.45, 2.75) is 25.7 Å². The number of hydrogen-bond acceptors (Lipinski definition) is 6. The highest BCUT2D eigenvalue weighted by molar-refractivity contribution is 5.94. The highest BCUT2D eigenvalue weighted by atomic mass is 16.4. The van der Waals surface area contributed by atoms with Gasteiger partial charge in [0, 0.05) is 50.0 Å². The number of carbonyl (C=O) groups is 2. The van der Waals surface area contributed by atoms with Crippen LogP contribution in [0.1, 0.15) is 25.7 Å². The molecule has 2 aliphatic heterocycles. The van der Waals surface area contributed by atoms with Crippen molar-refractivity contribution in [3.8, 4) is 0 Å². The van der Waals surface area contributed by atoms with Gasteiger partial charge in [-0.3, -0.25) is 14.6 Å². The van der Waals surface area contributed by atoms with Crippen molar-refractivity contribution in [1.82, 2.24) is 10.6 Å². The molecule has 27 heavy (non-hydrogen) atoms. The van der Waals surface area contributed by atoms with Gasteiger partial charge in [0.1, 0.15) is 0 Å². The number of carboxylic acids is 1. The highest BCUT2D eigenvalue weighted by Gasteiger charge is 2.25. The van der Waals surface area contributed by atoms with E-state index in [0.717, 1.165) is 62.8 Å². The van der Waals surface area contributed by atoms with Crippen molar-refractivity contribution in [2.24, 2.45) is 10.9 Å². The van der Waals surface area contributed by atoms with Crippen LogP contribution in [-0.4, -0.2) is 55.7 Å². The maximum Gasteiger partial charge on any atom is 0.305 e. The summed E-state index contributed by atoms with van der Waals surface area (Å²) in [6, 6.07) is 8.22. The fourth-order valence-corrected chi connectivity index (χ4v) is 3.37. The van der Waals surface area contributed by atoms with E-state index in [2.05, 4.69) is 38.0 Å². The number of rotatable bonds is 6. The van der Waals surface area contributed by atoms with Crippen molar-refractivity contribution in [3.05, 3.63) is 24.3 Å². The number of guanidine groups is 1. The van der Waals surface area contributed by atoms with Crippen molar-refractivity contribution in [1.29, 1.82) is 0 Å². The SMILES string of the molecule is O=C(O)CCNC(=O)C1CCN(c2cccc(NC3=NCCCN3)c2)CC1. The van der Waals surface area contributed by atoms with Crippen molar-refractivity contribution in [3.63, 3.8) is 0 Å². The Morgan fingerprint density at radius 1 is 1.30 bits per heavy atom. The topological polar surface area (TPSA) is 106 Å². The maximum absolute atomic E-state index is 12.1. The van der Waals surface area contributed by atoms with Crippen LogP contribution < -0.4 is 20.9 Å². The summed E-state index contributed by atoms with van der Waals surface area (Å²) in [5.41, 5.74) is 2.12. The van der Waals surface area contributed by atoms with Gasteiger partial charge in [0.15, 0.2) is 5.96 Å². The number of nitrogens with one attached hydrogen (secondary N) is 3. The molecule has 1 aromatic rings. The molecule has 0 aromatic heterocycles. The summed E-state index contributed by atoms with van der Waals surface area (Å²) in [6.45, 7) is 3.59. The average Bonchev–Trinajstić information content (AvgIpc) is 2.69. The first-order valence-corrected chi connectivity index (χ1v) is 9.51. The Balaban J connectivity index is 1.50. The molecule has 0 atom stereocenters. The standard InChI is InChI=1S/C19H27N5O3/c25-17(26)5-10-20-18(27)14-6-11-24(12-7-14)16-4-1-3-15(13-16)23-19-21-8-2-9-22-19/h1,3-4,13-14H,2,5-12H2,(H,20,27)(H,25,26)(H2,21,22,23). The third-order valence-corrected chi connectivity index (χ3v) is 4.88. The molecule has 0 aliphatic carbocycles. The van der Waals surface area contributed by atoms with Gasteiger partial charge in [-0.25, -0.2) is 0 Å². The van der Waals surface area contributed by atoms with E-state index < -0.39 is 5.97 Å². The van der Waals surface area contributed by atoms with Gasteiger partial charge in [-0.05, 0) is 37.5 Å². The second-order valence-electron chi connectivity index (χ2n) is 6.88. The van der Waals surface area contributed by atoms with Gasteiger partial charge in [0.25, 0.3) is 0 Å². The number of carbonyl (C=O) groups excluding carboxylic acids is 1. The third kappa shape index (κ3) is 5.60. The predicted octanol–water partition coefficient (Wildman–Crippen LogP) is 1.26. The minimum atomic E-state index is -0.895. The van der Waals surface area contributed by atoms with E-state index in [1.807, 2.05) is 12.1 Å². The fourth-order valence-electron chi connectivity index (χ4n) is 3.37. The first-order chi connectivity index (χ1) is 13.1. The largest absolute Gasteiger partial charge is 0.481 e. The van der Waals surface area contributed by atoms with E-state index in [4.69, 9.17) is 5.11 Å². The Morgan fingerprint density at radius 3 is 2.81 bits per heavy atom. The lowest BCUT2D eigenvalue weighted by atomic mass is 9.95. The Morgan fingerprint density at radius 2 is 2.11 bits per heavy atom. The van der Waals surface area contributed by atoms with Gasteiger partial charge in [-0.2, -0.15) is 0 Å². The number of benzene rings is 1. The molecule has 0 spiro atoms. The van der Waals surface area contributed by atoms with E-state index in [1.165, 1.54) is 0 Å². The number of amides is 1. The van der Waals surface area contributed by atoms with Crippen LogP contribution in [0.25, 0.3) is 0 Å². The van der Waals surface area contributed by atoms with Crippen molar-refractivity contribution in [2.75, 3.05) is 42.9 Å². The maximum atomic E-state index is 12.1. The molecule has 2 aliphatic rings. The molecule has 2 heterocycles. The monoisotopic (exact) mass is 373 g/mol. The first kappa shape index (κ1) is 19.0. The summed E-state index contributed by atoms with van der Waals surface area (Å²) in [7, 11) is 0. The van der Waals surface area contributed by atoms with Crippen LogP contribution in [0.5, 0.6) is 0 Å². The van der Waals surface area contributed by atoms with Crippen LogP contribution in [0.3, 0.4) is 0 Å². The zero-order valence-electron chi connectivity index (χ0n) is 15.4. The Labute approximate surface area is 159 Å². The zero-order chi connectivity index (χ0) is 19.1. The molecule has 0 bridgehead atoms. The van der Waals surface area contributed by atoms with E-state index >= 15 is 0 Å². The van der Waals surface area contributed by atoms with Gasteiger partial charge in [0.05, 0.1) is 6.42 Å².